The first kappa shape index (κ1) is 19.6. The molecule has 0 bridgehead atoms. The van der Waals surface area contributed by atoms with Crippen LogP contribution in [0.5, 0.6) is 0 Å². The van der Waals surface area contributed by atoms with Crippen LogP contribution in [-0.2, 0) is 9.53 Å². The van der Waals surface area contributed by atoms with Gasteiger partial charge in [-0.05, 0) is 23.3 Å². The lowest BCUT2D eigenvalue weighted by Crippen LogP contribution is -2.49. The molecule has 1 aromatic heterocycles. The summed E-state index contributed by atoms with van der Waals surface area (Å²) in [7, 11) is 1.44. The summed E-state index contributed by atoms with van der Waals surface area (Å²) >= 11 is 0. The van der Waals surface area contributed by atoms with Crippen molar-refractivity contribution in [2.24, 2.45) is 0 Å². The van der Waals surface area contributed by atoms with Crippen LogP contribution in [0.15, 0.2) is 103 Å². The molecule has 30 heavy (non-hydrogen) atoms. The van der Waals surface area contributed by atoms with Gasteiger partial charge >= 0.3 is 5.97 Å². The molecule has 1 atom stereocenters. The van der Waals surface area contributed by atoms with Gasteiger partial charge in [0, 0.05) is 30.2 Å². The second kappa shape index (κ2) is 8.75. The van der Waals surface area contributed by atoms with Gasteiger partial charge in [-0.2, -0.15) is 4.57 Å². The molecule has 0 amide bonds. The van der Waals surface area contributed by atoms with E-state index in [0.29, 0.717) is 0 Å². The number of benzene rings is 3. The van der Waals surface area contributed by atoms with Gasteiger partial charge in [-0.3, -0.25) is 0 Å². The minimum absolute atomic E-state index is 0.293. The predicted molar refractivity (Wildman–Crippen MR) is 119 cm³/mol. The molecule has 0 aliphatic heterocycles. The Hall–Kier alpha value is -3.72. The first-order valence-electron chi connectivity index (χ1n) is 9.99. The number of ether oxygens (including phenoxy) is 1. The van der Waals surface area contributed by atoms with Crippen molar-refractivity contribution in [3.05, 3.63) is 114 Å². The number of aromatic nitrogens is 1. The topological polar surface area (TPSA) is 30.2 Å². The van der Waals surface area contributed by atoms with Crippen molar-refractivity contribution in [1.29, 1.82) is 0 Å². The molecule has 4 aromatic rings. The Bertz CT molecular complexity index is 1140. The molecule has 0 saturated carbocycles. The highest BCUT2D eigenvalue weighted by Crippen LogP contribution is 2.28. The third kappa shape index (κ3) is 3.87. The minimum Gasteiger partial charge on any atom is -0.464 e. The van der Waals surface area contributed by atoms with Crippen molar-refractivity contribution in [2.45, 2.75) is 13.0 Å². The van der Waals surface area contributed by atoms with Gasteiger partial charge in [0.25, 0.3) is 6.04 Å². The summed E-state index contributed by atoms with van der Waals surface area (Å²) in [6.45, 7) is 2.04. The van der Waals surface area contributed by atoms with Crippen LogP contribution in [-0.4, -0.2) is 13.1 Å². The zero-order valence-electron chi connectivity index (χ0n) is 17.2. The molecule has 0 spiro atoms. The largest absolute Gasteiger partial charge is 0.464 e. The number of nitrogens with zero attached hydrogens (tertiary/aromatic N) is 1. The zero-order chi connectivity index (χ0) is 20.9. The normalized spacial score (nSPS) is 11.7. The number of hydrogen-bond acceptors (Lipinski definition) is 2. The monoisotopic (exact) mass is 394 g/mol. The Morgan fingerprint density at radius 3 is 1.83 bits per heavy atom. The summed E-state index contributed by atoms with van der Waals surface area (Å²) < 4.78 is 7.29. The maximum atomic E-state index is 13.0. The Labute approximate surface area is 177 Å². The van der Waals surface area contributed by atoms with E-state index in [9.17, 15) is 4.79 Å². The van der Waals surface area contributed by atoms with Crippen LogP contribution >= 0.6 is 0 Å². The van der Waals surface area contributed by atoms with E-state index in [1.165, 1.54) is 7.11 Å². The van der Waals surface area contributed by atoms with Gasteiger partial charge in [-0.25, -0.2) is 4.79 Å². The maximum Gasteiger partial charge on any atom is 0.380 e. The Morgan fingerprint density at radius 1 is 0.733 bits per heavy atom. The number of aryl methyl sites for hydroxylation is 1. The summed E-state index contributed by atoms with van der Waals surface area (Å²) in [5.41, 5.74) is 6.13. The molecule has 148 valence electrons. The van der Waals surface area contributed by atoms with Crippen LogP contribution < -0.4 is 4.57 Å². The van der Waals surface area contributed by atoms with Gasteiger partial charge in [0.1, 0.15) is 0 Å². The number of hydrogen-bond donors (Lipinski definition) is 0. The van der Waals surface area contributed by atoms with Crippen molar-refractivity contribution in [3.8, 4) is 22.4 Å². The summed E-state index contributed by atoms with van der Waals surface area (Å²) in [5.74, 6) is -0.293. The van der Waals surface area contributed by atoms with Gasteiger partial charge in [0.05, 0.1) is 7.11 Å². The van der Waals surface area contributed by atoms with Crippen LogP contribution in [0.3, 0.4) is 0 Å². The molecule has 0 N–H and O–H groups in total. The van der Waals surface area contributed by atoms with E-state index in [1.807, 2.05) is 73.7 Å². The molecule has 3 heteroatoms. The van der Waals surface area contributed by atoms with Gasteiger partial charge in [0.2, 0.25) is 5.69 Å². The standard InChI is InChI=1S/C27H24NO2/c1-20-18-24(21-12-6-3-7-13-21)19-25(22-14-8-4-9-15-22)28(20)26(27(29)30-2)23-16-10-5-11-17-23/h3-19,26H,1-2H3/q+1. The lowest BCUT2D eigenvalue weighted by Gasteiger charge is -2.17. The van der Waals surface area contributed by atoms with Crippen molar-refractivity contribution < 1.29 is 14.1 Å². The van der Waals surface area contributed by atoms with E-state index in [4.69, 9.17) is 4.74 Å². The summed E-state index contributed by atoms with van der Waals surface area (Å²) in [5, 5.41) is 0. The lowest BCUT2D eigenvalue weighted by atomic mass is 9.98. The summed E-state index contributed by atoms with van der Waals surface area (Å²) in [6.07, 6.45) is 0. The summed E-state index contributed by atoms with van der Waals surface area (Å²) in [6, 6.07) is 33.9. The van der Waals surface area contributed by atoms with E-state index in [0.717, 1.165) is 33.6 Å². The van der Waals surface area contributed by atoms with Crippen LogP contribution in [0.2, 0.25) is 0 Å². The van der Waals surface area contributed by atoms with Crippen molar-refractivity contribution in [1.82, 2.24) is 0 Å². The van der Waals surface area contributed by atoms with Crippen LogP contribution in [0.1, 0.15) is 17.3 Å². The highest BCUT2D eigenvalue weighted by Gasteiger charge is 2.35. The number of esters is 1. The van der Waals surface area contributed by atoms with Crippen LogP contribution in [0, 0.1) is 6.92 Å². The number of carbonyl (C=O) groups is 1. The van der Waals surface area contributed by atoms with E-state index in [2.05, 4.69) is 41.0 Å². The number of pyridine rings is 1. The van der Waals surface area contributed by atoms with Crippen LogP contribution in [0.4, 0.5) is 0 Å². The second-order valence-electron chi connectivity index (χ2n) is 7.21. The first-order chi connectivity index (χ1) is 14.7. The Kier molecular flexibility index (Phi) is 5.71. The Balaban J connectivity index is 1.99. The lowest BCUT2D eigenvalue weighted by molar-refractivity contribution is -0.697. The number of rotatable bonds is 5. The second-order valence-corrected chi connectivity index (χ2v) is 7.21. The molecular formula is C27H24NO2+. The molecule has 0 radical (unpaired) electrons. The molecule has 0 saturated heterocycles. The minimum atomic E-state index is -0.573. The highest BCUT2D eigenvalue weighted by molar-refractivity contribution is 5.77. The Morgan fingerprint density at radius 2 is 1.27 bits per heavy atom. The van der Waals surface area contributed by atoms with Gasteiger partial charge in [-0.15, -0.1) is 0 Å². The molecular weight excluding hydrogens is 370 g/mol. The molecule has 3 nitrogen and oxygen atoms in total. The highest BCUT2D eigenvalue weighted by atomic mass is 16.5. The predicted octanol–water partition coefficient (Wildman–Crippen LogP) is 5.38. The van der Waals surface area contributed by atoms with Gasteiger partial charge < -0.3 is 4.74 Å². The molecule has 0 aliphatic rings. The average Bonchev–Trinajstić information content (AvgIpc) is 2.81. The van der Waals surface area contributed by atoms with Crippen molar-refractivity contribution in [3.63, 3.8) is 0 Å². The molecule has 0 fully saturated rings. The van der Waals surface area contributed by atoms with E-state index in [1.54, 1.807) is 0 Å². The quantitative estimate of drug-likeness (QED) is 0.336. The molecule has 4 rings (SSSR count). The molecule has 1 unspecified atom stereocenters. The van der Waals surface area contributed by atoms with Gasteiger partial charge in [0.15, 0.2) is 5.69 Å². The van der Waals surface area contributed by atoms with Crippen molar-refractivity contribution in [2.75, 3.05) is 7.11 Å². The van der Waals surface area contributed by atoms with Crippen molar-refractivity contribution >= 4 is 5.97 Å². The average molecular weight is 394 g/mol. The molecule has 1 heterocycles. The smallest absolute Gasteiger partial charge is 0.380 e. The van der Waals surface area contributed by atoms with Crippen LogP contribution in [0.25, 0.3) is 22.4 Å². The fourth-order valence-corrected chi connectivity index (χ4v) is 3.85. The first-order valence-corrected chi connectivity index (χ1v) is 9.99. The van der Waals surface area contributed by atoms with E-state index < -0.39 is 6.04 Å². The van der Waals surface area contributed by atoms with E-state index in [-0.39, 0.29) is 5.97 Å². The third-order valence-corrected chi connectivity index (χ3v) is 5.27. The fraction of sp³-hybridized carbons (Fsp3) is 0.111. The maximum absolute atomic E-state index is 13.0. The number of methoxy groups -OCH3 is 1. The molecule has 3 aromatic carbocycles. The van der Waals surface area contributed by atoms with E-state index >= 15 is 0 Å². The fourth-order valence-electron chi connectivity index (χ4n) is 3.85. The third-order valence-electron chi connectivity index (χ3n) is 5.27. The summed E-state index contributed by atoms with van der Waals surface area (Å²) in [4.78, 5) is 13.0. The number of carbonyl (C=O) groups excluding carboxylic acids is 1. The van der Waals surface area contributed by atoms with Gasteiger partial charge in [-0.1, -0.05) is 78.9 Å². The SMILES string of the molecule is COC(=O)C(c1ccccc1)[n+]1c(C)cc(-c2ccccc2)cc1-c1ccccc1. The molecule has 0 aliphatic carbocycles. The zero-order valence-corrected chi connectivity index (χ0v) is 17.2.